The van der Waals surface area contributed by atoms with Crippen LogP contribution in [0.2, 0.25) is 5.02 Å². The van der Waals surface area contributed by atoms with Gasteiger partial charge in [-0.2, -0.15) is 0 Å². The van der Waals surface area contributed by atoms with Crippen LogP contribution in [-0.4, -0.2) is 50.3 Å². The molecule has 1 N–H and O–H groups in total. The number of ether oxygens (including phenoxy) is 2. The molecular weight excluding hydrogens is 352 g/mol. The van der Waals surface area contributed by atoms with Crippen molar-refractivity contribution in [3.8, 4) is 5.75 Å². The highest BCUT2D eigenvalue weighted by Crippen LogP contribution is 2.17. The van der Waals surface area contributed by atoms with Gasteiger partial charge < -0.3 is 14.8 Å². The van der Waals surface area contributed by atoms with Crippen LogP contribution in [-0.2, 0) is 9.53 Å². The third kappa shape index (κ3) is 5.73. The highest BCUT2D eigenvalue weighted by molar-refractivity contribution is 6.30. The number of benzene rings is 2. The standard InChI is InChI=1S/C20H23ClN2O3/c21-17-6-8-18(9-7-17)26-15-20(24)22-19(16-4-2-1-3-5-16)14-23-10-12-25-13-11-23/h1-9,19H,10-15H2,(H,22,24). The van der Waals surface area contributed by atoms with E-state index in [4.69, 9.17) is 21.1 Å². The van der Waals surface area contributed by atoms with Crippen LogP contribution in [0.4, 0.5) is 0 Å². The summed E-state index contributed by atoms with van der Waals surface area (Å²) in [7, 11) is 0. The van der Waals surface area contributed by atoms with E-state index in [9.17, 15) is 4.79 Å². The van der Waals surface area contributed by atoms with Crippen LogP contribution in [0.3, 0.4) is 0 Å². The first kappa shape index (κ1) is 18.7. The summed E-state index contributed by atoms with van der Waals surface area (Å²) in [6.07, 6.45) is 0. The van der Waals surface area contributed by atoms with E-state index in [1.807, 2.05) is 30.3 Å². The molecule has 1 fully saturated rings. The minimum absolute atomic E-state index is 0.0337. The van der Waals surface area contributed by atoms with Gasteiger partial charge in [0.25, 0.3) is 5.91 Å². The molecule has 1 heterocycles. The highest BCUT2D eigenvalue weighted by atomic mass is 35.5. The summed E-state index contributed by atoms with van der Waals surface area (Å²) in [4.78, 5) is 14.7. The highest BCUT2D eigenvalue weighted by Gasteiger charge is 2.20. The first-order valence-corrected chi connectivity index (χ1v) is 9.11. The van der Waals surface area contributed by atoms with Gasteiger partial charge in [-0.15, -0.1) is 0 Å². The van der Waals surface area contributed by atoms with E-state index >= 15 is 0 Å². The number of morpholine rings is 1. The molecule has 0 saturated carbocycles. The largest absolute Gasteiger partial charge is 0.484 e. The molecule has 3 rings (SSSR count). The molecule has 2 aromatic rings. The summed E-state index contributed by atoms with van der Waals surface area (Å²) in [6, 6.07) is 16.9. The third-order valence-corrected chi connectivity index (χ3v) is 4.52. The predicted molar refractivity (Wildman–Crippen MR) is 102 cm³/mol. The van der Waals surface area contributed by atoms with Crippen molar-refractivity contribution >= 4 is 17.5 Å². The molecule has 0 spiro atoms. The van der Waals surface area contributed by atoms with E-state index in [-0.39, 0.29) is 18.6 Å². The van der Waals surface area contributed by atoms with Gasteiger partial charge in [0.15, 0.2) is 6.61 Å². The van der Waals surface area contributed by atoms with Crippen molar-refractivity contribution in [2.24, 2.45) is 0 Å². The second-order valence-electron chi connectivity index (χ2n) is 6.19. The van der Waals surface area contributed by atoms with Crippen molar-refractivity contribution in [1.82, 2.24) is 10.2 Å². The van der Waals surface area contributed by atoms with Gasteiger partial charge in [0, 0.05) is 24.7 Å². The van der Waals surface area contributed by atoms with Gasteiger partial charge in [-0.3, -0.25) is 9.69 Å². The number of carbonyl (C=O) groups excluding carboxylic acids is 1. The van der Waals surface area contributed by atoms with E-state index in [0.29, 0.717) is 10.8 Å². The first-order valence-electron chi connectivity index (χ1n) is 8.73. The molecule has 0 bridgehead atoms. The van der Waals surface area contributed by atoms with Crippen LogP contribution in [0.1, 0.15) is 11.6 Å². The fourth-order valence-electron chi connectivity index (χ4n) is 2.88. The van der Waals surface area contributed by atoms with Gasteiger partial charge in [0.1, 0.15) is 5.75 Å². The average molecular weight is 375 g/mol. The quantitative estimate of drug-likeness (QED) is 0.809. The number of nitrogens with one attached hydrogen (secondary N) is 1. The van der Waals surface area contributed by atoms with Crippen molar-refractivity contribution in [3.05, 3.63) is 65.2 Å². The Morgan fingerprint density at radius 1 is 1.12 bits per heavy atom. The zero-order valence-corrected chi connectivity index (χ0v) is 15.3. The van der Waals surface area contributed by atoms with Gasteiger partial charge in [0.2, 0.25) is 0 Å². The molecule has 2 aromatic carbocycles. The topological polar surface area (TPSA) is 50.8 Å². The second-order valence-corrected chi connectivity index (χ2v) is 6.62. The monoisotopic (exact) mass is 374 g/mol. The Labute approximate surface area is 158 Å². The van der Waals surface area contributed by atoms with Crippen LogP contribution >= 0.6 is 11.6 Å². The number of carbonyl (C=O) groups is 1. The van der Waals surface area contributed by atoms with Gasteiger partial charge in [-0.1, -0.05) is 41.9 Å². The molecule has 5 nitrogen and oxygen atoms in total. The molecular formula is C20H23ClN2O3. The lowest BCUT2D eigenvalue weighted by atomic mass is 10.1. The molecule has 1 unspecified atom stereocenters. The Kier molecular flexibility index (Phi) is 6.89. The van der Waals surface area contributed by atoms with Crippen molar-refractivity contribution in [3.63, 3.8) is 0 Å². The normalized spacial score (nSPS) is 16.0. The van der Waals surface area contributed by atoms with Crippen LogP contribution in [0.5, 0.6) is 5.75 Å². The molecule has 26 heavy (non-hydrogen) atoms. The molecule has 1 aliphatic rings. The minimum Gasteiger partial charge on any atom is -0.484 e. The maximum atomic E-state index is 12.4. The molecule has 1 amide bonds. The number of hydrogen-bond donors (Lipinski definition) is 1. The minimum atomic E-state index is -0.151. The molecule has 0 radical (unpaired) electrons. The lowest BCUT2D eigenvalue weighted by Gasteiger charge is -2.31. The summed E-state index contributed by atoms with van der Waals surface area (Å²) >= 11 is 5.86. The molecule has 138 valence electrons. The van der Waals surface area contributed by atoms with Crippen LogP contribution in [0, 0.1) is 0 Å². The number of halogens is 1. The lowest BCUT2D eigenvalue weighted by molar-refractivity contribution is -0.124. The van der Waals surface area contributed by atoms with Gasteiger partial charge >= 0.3 is 0 Å². The van der Waals surface area contributed by atoms with Crippen molar-refractivity contribution < 1.29 is 14.3 Å². The maximum Gasteiger partial charge on any atom is 0.258 e. The Hall–Kier alpha value is -2.08. The Bertz CT molecular complexity index is 688. The summed E-state index contributed by atoms with van der Waals surface area (Å²) in [5.74, 6) is 0.469. The zero-order chi connectivity index (χ0) is 18.2. The molecule has 0 aliphatic carbocycles. The Balaban J connectivity index is 1.58. The van der Waals surface area contributed by atoms with E-state index in [1.54, 1.807) is 24.3 Å². The Morgan fingerprint density at radius 2 is 1.81 bits per heavy atom. The molecule has 1 saturated heterocycles. The van der Waals surface area contributed by atoms with E-state index in [1.165, 1.54) is 0 Å². The van der Waals surface area contributed by atoms with Crippen molar-refractivity contribution in [2.45, 2.75) is 6.04 Å². The van der Waals surface area contributed by atoms with Gasteiger partial charge in [-0.05, 0) is 29.8 Å². The lowest BCUT2D eigenvalue weighted by Crippen LogP contribution is -2.44. The fourth-order valence-corrected chi connectivity index (χ4v) is 3.00. The summed E-state index contributed by atoms with van der Waals surface area (Å²) in [5.41, 5.74) is 1.08. The smallest absolute Gasteiger partial charge is 0.258 e. The summed E-state index contributed by atoms with van der Waals surface area (Å²) in [5, 5.41) is 3.73. The van der Waals surface area contributed by atoms with Gasteiger partial charge in [-0.25, -0.2) is 0 Å². The van der Waals surface area contributed by atoms with E-state index in [0.717, 1.165) is 38.4 Å². The number of nitrogens with zero attached hydrogens (tertiary/aromatic N) is 1. The number of amides is 1. The number of rotatable bonds is 7. The molecule has 6 heteroatoms. The molecule has 1 aliphatic heterocycles. The second kappa shape index (κ2) is 9.57. The SMILES string of the molecule is O=C(COc1ccc(Cl)cc1)NC(CN1CCOCC1)c1ccccc1. The third-order valence-electron chi connectivity index (χ3n) is 4.27. The van der Waals surface area contributed by atoms with Gasteiger partial charge in [0.05, 0.1) is 19.3 Å². The predicted octanol–water partition coefficient (Wildman–Crippen LogP) is 2.91. The molecule has 0 aromatic heterocycles. The maximum absolute atomic E-state index is 12.4. The average Bonchev–Trinajstić information content (AvgIpc) is 2.68. The van der Waals surface area contributed by atoms with Crippen LogP contribution in [0.15, 0.2) is 54.6 Å². The van der Waals surface area contributed by atoms with Crippen LogP contribution < -0.4 is 10.1 Å². The first-order chi connectivity index (χ1) is 12.7. The summed E-state index contributed by atoms with van der Waals surface area (Å²) in [6.45, 7) is 3.93. The van der Waals surface area contributed by atoms with Crippen molar-refractivity contribution in [1.29, 1.82) is 0 Å². The summed E-state index contributed by atoms with van der Waals surface area (Å²) < 4.78 is 11.0. The van der Waals surface area contributed by atoms with Crippen LogP contribution in [0.25, 0.3) is 0 Å². The van der Waals surface area contributed by atoms with E-state index in [2.05, 4.69) is 10.2 Å². The Morgan fingerprint density at radius 3 is 2.50 bits per heavy atom. The molecule has 1 atom stereocenters. The zero-order valence-electron chi connectivity index (χ0n) is 14.6. The van der Waals surface area contributed by atoms with E-state index < -0.39 is 0 Å². The van der Waals surface area contributed by atoms with Crippen molar-refractivity contribution in [2.75, 3.05) is 39.5 Å². The number of hydrogen-bond acceptors (Lipinski definition) is 4. The fraction of sp³-hybridized carbons (Fsp3) is 0.350.